The lowest BCUT2D eigenvalue weighted by molar-refractivity contribution is -0.139. The number of nitrogens with zero attached hydrogens (tertiary/aromatic N) is 1. The number of aliphatic hydroxyl groups is 2. The maximum Gasteiger partial charge on any atom is 0.490 e. The normalized spacial score (nSPS) is 31.2. The van der Waals surface area contributed by atoms with Crippen molar-refractivity contribution in [1.82, 2.24) is 9.55 Å². The van der Waals surface area contributed by atoms with Gasteiger partial charge in [0.2, 0.25) is 6.29 Å². The molecule has 1 aromatic rings. The van der Waals surface area contributed by atoms with Gasteiger partial charge < -0.3 is 34.5 Å². The van der Waals surface area contributed by atoms with E-state index in [-0.39, 0.29) is 0 Å². The van der Waals surface area contributed by atoms with Crippen LogP contribution in [0.15, 0.2) is 21.9 Å². The zero-order valence-corrected chi connectivity index (χ0v) is 16.8. The fourth-order valence-electron chi connectivity index (χ4n) is 2.28. The number of halogens is 1. The Balaban J connectivity index is 2.29. The molecule has 1 aromatic heterocycles. The minimum absolute atomic E-state index is 0.393. The van der Waals surface area contributed by atoms with E-state index in [2.05, 4.69) is 13.1 Å². The lowest BCUT2D eigenvalue weighted by atomic mass is 9.98. The Kier molecular flexibility index (Phi) is 7.08. The van der Waals surface area contributed by atoms with Gasteiger partial charge in [-0.3, -0.25) is 18.9 Å². The Morgan fingerprint density at radius 2 is 1.77 bits per heavy atom. The van der Waals surface area contributed by atoms with Gasteiger partial charge in [0.25, 0.3) is 5.56 Å². The number of ether oxygens (including phenoxy) is 1. The summed E-state index contributed by atoms with van der Waals surface area (Å²) >= 11 is 0. The topological polar surface area (TPSA) is 264 Å². The quantitative estimate of drug-likeness (QED) is 0.186. The number of H-pyrrole nitrogens is 1. The van der Waals surface area contributed by atoms with E-state index in [9.17, 15) is 42.8 Å². The molecule has 17 nitrogen and oxygen atoms in total. The number of nitrogens with one attached hydrogen (secondary N) is 1. The van der Waals surface area contributed by atoms with Crippen molar-refractivity contribution in [2.45, 2.75) is 24.2 Å². The van der Waals surface area contributed by atoms with E-state index < -0.39 is 65.6 Å². The molecule has 0 spiro atoms. The second kappa shape index (κ2) is 8.44. The van der Waals surface area contributed by atoms with Crippen LogP contribution in [0.5, 0.6) is 0 Å². The minimum atomic E-state index is -5.91. The fourth-order valence-corrected chi connectivity index (χ4v) is 5.36. The number of alkyl halides is 1. The third-order valence-electron chi connectivity index (χ3n) is 3.43. The summed E-state index contributed by atoms with van der Waals surface area (Å²) in [6.07, 6.45) is -6.41. The lowest BCUT2D eigenvalue weighted by Gasteiger charge is -2.28. The molecule has 172 valence electrons. The fraction of sp³-hybridized carbons (Fsp3) is 0.556. The first-order chi connectivity index (χ1) is 13.5. The van der Waals surface area contributed by atoms with Crippen molar-refractivity contribution in [3.63, 3.8) is 0 Å². The number of phosphoric ester groups is 1. The third-order valence-corrected chi connectivity index (χ3v) is 7.23. The van der Waals surface area contributed by atoms with Crippen molar-refractivity contribution in [3.05, 3.63) is 33.1 Å². The van der Waals surface area contributed by atoms with Crippen molar-refractivity contribution in [3.8, 4) is 0 Å². The highest BCUT2D eigenvalue weighted by molar-refractivity contribution is 7.66. The zero-order valence-electron chi connectivity index (χ0n) is 14.1. The Morgan fingerprint density at radius 1 is 1.17 bits per heavy atom. The maximum absolute atomic E-state index is 13.5. The number of phosphoric acid groups is 3. The molecular formula is C9H14FN2O15P3. The largest absolute Gasteiger partial charge is 0.490 e. The smallest absolute Gasteiger partial charge is 0.384 e. The molecule has 1 aliphatic rings. The average molecular weight is 502 g/mol. The molecular weight excluding hydrogens is 488 g/mol. The third kappa shape index (κ3) is 5.77. The second-order valence-corrected chi connectivity index (χ2v) is 10.0. The van der Waals surface area contributed by atoms with Crippen LogP contribution in [0.1, 0.15) is 6.23 Å². The van der Waals surface area contributed by atoms with Gasteiger partial charge in [-0.2, -0.15) is 8.62 Å². The Labute approximate surface area is 163 Å². The van der Waals surface area contributed by atoms with Gasteiger partial charge in [0, 0.05) is 12.3 Å². The number of hydrogen-bond donors (Lipinski definition) is 7. The van der Waals surface area contributed by atoms with Gasteiger partial charge in [0.1, 0.15) is 12.8 Å². The van der Waals surface area contributed by atoms with Crippen LogP contribution >= 0.6 is 23.5 Å². The Morgan fingerprint density at radius 3 is 2.27 bits per heavy atom. The molecule has 30 heavy (non-hydrogen) atoms. The van der Waals surface area contributed by atoms with E-state index in [1.807, 2.05) is 0 Å². The van der Waals surface area contributed by atoms with Crippen molar-refractivity contribution < 1.29 is 65.8 Å². The summed E-state index contributed by atoms with van der Waals surface area (Å²) in [6.45, 7) is -1.82. The van der Waals surface area contributed by atoms with E-state index in [1.165, 1.54) is 0 Å². The van der Waals surface area contributed by atoms with Crippen LogP contribution in [0, 0.1) is 0 Å². The van der Waals surface area contributed by atoms with E-state index in [0.29, 0.717) is 4.57 Å². The van der Waals surface area contributed by atoms with Crippen molar-refractivity contribution in [2.75, 3.05) is 6.67 Å². The molecule has 0 bridgehead atoms. The number of aromatic nitrogens is 2. The maximum atomic E-state index is 13.5. The molecule has 2 heterocycles. The summed E-state index contributed by atoms with van der Waals surface area (Å²) in [6, 6.07) is 0.755. The monoisotopic (exact) mass is 502 g/mol. The van der Waals surface area contributed by atoms with Crippen LogP contribution in [0.25, 0.3) is 0 Å². The highest BCUT2D eigenvalue weighted by Crippen LogP contribution is 2.67. The van der Waals surface area contributed by atoms with E-state index in [4.69, 9.17) is 19.4 Å². The van der Waals surface area contributed by atoms with Crippen LogP contribution in [-0.2, 0) is 31.6 Å². The molecule has 0 radical (unpaired) electrons. The first-order valence-electron chi connectivity index (χ1n) is 7.25. The molecule has 0 aromatic carbocycles. The van der Waals surface area contributed by atoms with Crippen molar-refractivity contribution >= 4 is 23.5 Å². The first kappa shape index (κ1) is 25.2. The van der Waals surface area contributed by atoms with E-state index in [1.54, 1.807) is 4.98 Å². The lowest BCUT2D eigenvalue weighted by Crippen LogP contribution is -2.50. The molecule has 3 unspecified atom stereocenters. The minimum Gasteiger partial charge on any atom is -0.384 e. The van der Waals surface area contributed by atoms with Crippen LogP contribution < -0.4 is 11.2 Å². The number of aliphatic hydroxyl groups excluding tert-OH is 1. The average Bonchev–Trinajstić information content (AvgIpc) is 2.76. The summed E-state index contributed by atoms with van der Waals surface area (Å²) < 4.78 is 63.5. The second-order valence-electron chi connectivity index (χ2n) is 5.64. The molecule has 7 N–H and O–H groups in total. The van der Waals surface area contributed by atoms with Gasteiger partial charge in [0.15, 0.2) is 11.8 Å². The molecule has 1 aliphatic heterocycles. The molecule has 1 saturated heterocycles. The van der Waals surface area contributed by atoms with Crippen LogP contribution in [0.3, 0.4) is 0 Å². The SMILES string of the molecule is O=c1ccn([C@@H]2O[C@H](OP(=O)(O)OP(=O)(O)OP(=O)(O)O)C(O)[C@]2(O)CF)c(=O)[nH]1. The Hall–Kier alpha value is -1.10. The molecule has 6 atom stereocenters. The molecule has 1 fully saturated rings. The molecule has 0 saturated carbocycles. The van der Waals surface area contributed by atoms with E-state index in [0.717, 1.165) is 12.3 Å². The summed E-state index contributed by atoms with van der Waals surface area (Å²) in [4.78, 5) is 60.1. The molecule has 0 aliphatic carbocycles. The molecule has 0 amide bonds. The summed E-state index contributed by atoms with van der Waals surface area (Å²) in [7, 11) is -17.4. The van der Waals surface area contributed by atoms with Crippen LogP contribution in [0.4, 0.5) is 4.39 Å². The standard InChI is InChI=1S/C9H14FN2O15P3/c10-3-9(16)5(14)6(24-7(9)12-2-1-4(13)11-8(12)15)25-29(20,21)27-30(22,23)26-28(17,18)19/h1-2,5-7,14,16H,3H2,(H,20,21)(H,22,23)(H,11,13,15)(H2,17,18,19)/t5?,6-,7-,9-/m1/s1. The summed E-state index contributed by atoms with van der Waals surface area (Å²) in [5, 5.41) is 20.3. The summed E-state index contributed by atoms with van der Waals surface area (Å²) in [5.41, 5.74) is -5.12. The van der Waals surface area contributed by atoms with Gasteiger partial charge in [0.05, 0.1) is 0 Å². The van der Waals surface area contributed by atoms with E-state index >= 15 is 0 Å². The number of hydrogen-bond acceptors (Lipinski definition) is 11. The number of aromatic amines is 1. The highest BCUT2D eigenvalue weighted by atomic mass is 31.3. The predicted octanol–water partition coefficient (Wildman–Crippen LogP) is -2.20. The highest BCUT2D eigenvalue weighted by Gasteiger charge is 2.59. The van der Waals surface area contributed by atoms with Crippen molar-refractivity contribution in [2.24, 2.45) is 0 Å². The van der Waals surface area contributed by atoms with Crippen LogP contribution in [-0.4, -0.2) is 64.0 Å². The Bertz CT molecular complexity index is 1050. The predicted molar refractivity (Wildman–Crippen MR) is 87.1 cm³/mol. The number of rotatable bonds is 8. The molecule has 2 rings (SSSR count). The van der Waals surface area contributed by atoms with Gasteiger partial charge in [-0.05, 0) is 0 Å². The van der Waals surface area contributed by atoms with Gasteiger partial charge >= 0.3 is 29.2 Å². The molecule has 21 heteroatoms. The van der Waals surface area contributed by atoms with Crippen molar-refractivity contribution in [1.29, 1.82) is 0 Å². The van der Waals surface area contributed by atoms with Gasteiger partial charge in [-0.1, -0.05) is 0 Å². The zero-order chi connectivity index (χ0) is 23.1. The van der Waals surface area contributed by atoms with Gasteiger partial charge in [-0.25, -0.2) is 22.9 Å². The summed E-state index contributed by atoms with van der Waals surface area (Å²) in [5.74, 6) is 0. The first-order valence-corrected chi connectivity index (χ1v) is 11.8. The van der Waals surface area contributed by atoms with Crippen LogP contribution in [0.2, 0.25) is 0 Å². The van der Waals surface area contributed by atoms with Gasteiger partial charge in [-0.15, -0.1) is 0 Å².